The van der Waals surface area contributed by atoms with Gasteiger partial charge < -0.3 is 4.57 Å². The molecular formula is C17H23FN2. The molecule has 0 aliphatic rings. The smallest absolute Gasteiger partial charge is 0.129 e. The molecule has 108 valence electrons. The van der Waals surface area contributed by atoms with Crippen molar-refractivity contribution >= 4 is 0 Å². The lowest BCUT2D eigenvalue weighted by Gasteiger charge is -2.21. The molecule has 2 nitrogen and oxygen atoms in total. The zero-order chi connectivity index (χ0) is 15.1. The Kier molecular flexibility index (Phi) is 3.72. The molecule has 0 fully saturated rings. The number of rotatable bonds is 2. The number of hydrogen-bond donors (Lipinski definition) is 0. The number of aromatic nitrogens is 2. The fourth-order valence-electron chi connectivity index (χ4n) is 2.23. The molecule has 1 heterocycles. The predicted molar refractivity (Wildman–Crippen MR) is 81.4 cm³/mol. The van der Waals surface area contributed by atoms with E-state index in [9.17, 15) is 4.39 Å². The summed E-state index contributed by atoms with van der Waals surface area (Å²) in [5.74, 6) is -0.107. The molecule has 0 saturated heterocycles. The first-order valence-corrected chi connectivity index (χ1v) is 7.04. The Bertz CT molecular complexity index is 618. The van der Waals surface area contributed by atoms with Gasteiger partial charge in [-0.2, -0.15) is 0 Å². The molecule has 0 atom stereocenters. The first-order chi connectivity index (χ1) is 9.20. The molecule has 1 aromatic carbocycles. The Hall–Kier alpha value is -1.64. The summed E-state index contributed by atoms with van der Waals surface area (Å²) < 4.78 is 16.4. The van der Waals surface area contributed by atoms with E-state index in [1.807, 2.05) is 52.4 Å². The van der Waals surface area contributed by atoms with E-state index in [2.05, 4.69) is 23.4 Å². The zero-order valence-corrected chi connectivity index (χ0v) is 13.2. The van der Waals surface area contributed by atoms with Crippen molar-refractivity contribution in [3.8, 4) is 11.3 Å². The monoisotopic (exact) mass is 274 g/mol. The van der Waals surface area contributed by atoms with E-state index in [4.69, 9.17) is 0 Å². The minimum Gasteiger partial charge on any atom is -0.334 e. The predicted octanol–water partition coefficient (Wildman–Crippen LogP) is 4.88. The summed E-state index contributed by atoms with van der Waals surface area (Å²) in [6.07, 6.45) is 3.85. The van der Waals surface area contributed by atoms with Crippen LogP contribution in [0.3, 0.4) is 0 Å². The molecule has 0 aliphatic carbocycles. The Morgan fingerprint density at radius 1 is 1.20 bits per heavy atom. The number of hydrogen-bond acceptors (Lipinski definition) is 1. The van der Waals surface area contributed by atoms with Crippen LogP contribution in [0, 0.1) is 12.7 Å². The number of halogens is 1. The molecule has 0 aliphatic heterocycles. The van der Waals surface area contributed by atoms with Crippen LogP contribution in [-0.4, -0.2) is 9.55 Å². The van der Waals surface area contributed by atoms with Crippen molar-refractivity contribution in [1.82, 2.24) is 9.55 Å². The lowest BCUT2D eigenvalue weighted by molar-refractivity contribution is 0.519. The number of aryl methyl sites for hydroxylation is 1. The molecule has 1 aromatic heterocycles. The second-order valence-corrected chi connectivity index (χ2v) is 6.70. The van der Waals surface area contributed by atoms with E-state index in [0.717, 1.165) is 16.8 Å². The van der Waals surface area contributed by atoms with Gasteiger partial charge in [-0.15, -0.1) is 0 Å². The average molecular weight is 274 g/mol. The van der Waals surface area contributed by atoms with Gasteiger partial charge in [0.05, 0.1) is 12.0 Å². The summed E-state index contributed by atoms with van der Waals surface area (Å²) in [6.45, 7) is 12.1. The fraction of sp³-hybridized carbons (Fsp3) is 0.471. The van der Waals surface area contributed by atoms with Crippen LogP contribution in [0.5, 0.6) is 0 Å². The van der Waals surface area contributed by atoms with E-state index in [1.54, 1.807) is 0 Å². The van der Waals surface area contributed by atoms with Crippen LogP contribution in [0.2, 0.25) is 0 Å². The molecule has 0 spiro atoms. The highest BCUT2D eigenvalue weighted by atomic mass is 19.1. The highest BCUT2D eigenvalue weighted by molar-refractivity contribution is 5.61. The van der Waals surface area contributed by atoms with Crippen molar-refractivity contribution < 1.29 is 4.39 Å². The minimum absolute atomic E-state index is 0.107. The normalized spacial score (nSPS) is 12.2. The summed E-state index contributed by atoms with van der Waals surface area (Å²) in [6, 6.07) is 4.17. The standard InChI is InChI=1S/C17H23FN2/c1-11(2)20-9-15(19-10-20)13-7-12(3)16(18)14(8-13)17(4,5)6/h7-11H,1-6H3. The second-order valence-electron chi connectivity index (χ2n) is 6.70. The first kappa shape index (κ1) is 14.8. The Morgan fingerprint density at radius 2 is 1.85 bits per heavy atom. The van der Waals surface area contributed by atoms with E-state index in [-0.39, 0.29) is 11.2 Å². The molecule has 0 bridgehead atoms. The fourth-order valence-corrected chi connectivity index (χ4v) is 2.23. The number of benzene rings is 1. The molecular weight excluding hydrogens is 251 g/mol. The Balaban J connectivity index is 2.54. The van der Waals surface area contributed by atoms with Gasteiger partial charge in [0.1, 0.15) is 5.82 Å². The third-order valence-corrected chi connectivity index (χ3v) is 3.56. The van der Waals surface area contributed by atoms with Gasteiger partial charge in [-0.25, -0.2) is 9.37 Å². The van der Waals surface area contributed by atoms with Crippen molar-refractivity contribution in [1.29, 1.82) is 0 Å². The van der Waals surface area contributed by atoms with Gasteiger partial charge in [0.2, 0.25) is 0 Å². The number of nitrogens with zero attached hydrogens (tertiary/aromatic N) is 2. The van der Waals surface area contributed by atoms with Crippen molar-refractivity contribution in [2.24, 2.45) is 0 Å². The lowest BCUT2D eigenvalue weighted by Crippen LogP contribution is -2.14. The molecule has 20 heavy (non-hydrogen) atoms. The van der Waals surface area contributed by atoms with Gasteiger partial charge >= 0.3 is 0 Å². The van der Waals surface area contributed by atoms with Gasteiger partial charge in [-0.1, -0.05) is 20.8 Å². The summed E-state index contributed by atoms with van der Waals surface area (Å²) >= 11 is 0. The van der Waals surface area contributed by atoms with Crippen molar-refractivity contribution in [3.05, 3.63) is 41.6 Å². The largest absolute Gasteiger partial charge is 0.334 e. The summed E-state index contributed by atoms with van der Waals surface area (Å²) in [7, 11) is 0. The quantitative estimate of drug-likeness (QED) is 0.763. The molecule has 2 aromatic rings. The van der Waals surface area contributed by atoms with Crippen LogP contribution in [-0.2, 0) is 5.41 Å². The topological polar surface area (TPSA) is 17.8 Å². The SMILES string of the molecule is Cc1cc(-c2cn(C(C)C)cn2)cc(C(C)(C)C)c1F. The Morgan fingerprint density at radius 3 is 2.35 bits per heavy atom. The van der Waals surface area contributed by atoms with Gasteiger partial charge in [0, 0.05) is 17.8 Å². The third kappa shape index (κ3) is 2.77. The van der Waals surface area contributed by atoms with Gasteiger partial charge in [0.25, 0.3) is 0 Å². The van der Waals surface area contributed by atoms with E-state index in [1.165, 1.54) is 0 Å². The summed E-state index contributed by atoms with van der Waals surface area (Å²) in [4.78, 5) is 4.44. The highest BCUT2D eigenvalue weighted by Crippen LogP contribution is 2.31. The summed E-state index contributed by atoms with van der Waals surface area (Å²) in [5.41, 5.74) is 3.07. The van der Waals surface area contributed by atoms with Gasteiger partial charge in [-0.3, -0.25) is 0 Å². The van der Waals surface area contributed by atoms with Crippen LogP contribution < -0.4 is 0 Å². The van der Waals surface area contributed by atoms with Crippen molar-refractivity contribution in [2.45, 2.75) is 53.0 Å². The first-order valence-electron chi connectivity index (χ1n) is 7.04. The molecule has 2 rings (SSSR count). The van der Waals surface area contributed by atoms with Crippen LogP contribution in [0.4, 0.5) is 4.39 Å². The maximum atomic E-state index is 14.3. The van der Waals surface area contributed by atoms with E-state index < -0.39 is 0 Å². The summed E-state index contributed by atoms with van der Waals surface area (Å²) in [5, 5.41) is 0. The molecule has 0 unspecified atom stereocenters. The van der Waals surface area contributed by atoms with E-state index >= 15 is 0 Å². The molecule has 3 heteroatoms. The average Bonchev–Trinajstić information content (AvgIpc) is 2.80. The molecule has 0 radical (unpaired) electrons. The maximum absolute atomic E-state index is 14.3. The van der Waals surface area contributed by atoms with Crippen LogP contribution >= 0.6 is 0 Å². The highest BCUT2D eigenvalue weighted by Gasteiger charge is 2.21. The second kappa shape index (κ2) is 5.04. The zero-order valence-electron chi connectivity index (χ0n) is 13.2. The van der Waals surface area contributed by atoms with Crippen LogP contribution in [0.15, 0.2) is 24.7 Å². The number of imidazole rings is 1. The molecule has 0 N–H and O–H groups in total. The Labute approximate surface area is 120 Å². The van der Waals surface area contributed by atoms with Crippen molar-refractivity contribution in [2.75, 3.05) is 0 Å². The van der Waals surface area contributed by atoms with Gasteiger partial charge in [0.15, 0.2) is 0 Å². The molecule has 0 saturated carbocycles. The minimum atomic E-state index is -0.217. The maximum Gasteiger partial charge on any atom is 0.129 e. The lowest BCUT2D eigenvalue weighted by atomic mass is 9.84. The van der Waals surface area contributed by atoms with Crippen LogP contribution in [0.25, 0.3) is 11.3 Å². The van der Waals surface area contributed by atoms with Crippen LogP contribution in [0.1, 0.15) is 51.8 Å². The molecule has 0 amide bonds. The van der Waals surface area contributed by atoms with Crippen molar-refractivity contribution in [3.63, 3.8) is 0 Å². The third-order valence-electron chi connectivity index (χ3n) is 3.56. The van der Waals surface area contributed by atoms with Gasteiger partial charge in [-0.05, 0) is 49.4 Å². The van der Waals surface area contributed by atoms with E-state index in [0.29, 0.717) is 11.6 Å².